The maximum atomic E-state index is 12.7. The predicted octanol–water partition coefficient (Wildman–Crippen LogP) is 2.28. The Morgan fingerprint density at radius 3 is 2.52 bits per heavy atom. The predicted molar refractivity (Wildman–Crippen MR) is 102 cm³/mol. The summed E-state index contributed by atoms with van der Waals surface area (Å²) in [5, 5.41) is 9.50. The summed E-state index contributed by atoms with van der Waals surface area (Å²) in [5.74, 6) is -2.04. The molecule has 0 unspecified atom stereocenters. The number of carbonyl (C=O) groups excluding carboxylic acids is 1. The number of hydrogen-bond acceptors (Lipinski definition) is 4. The van der Waals surface area contributed by atoms with Gasteiger partial charge < -0.3 is 10.0 Å². The molecule has 1 aliphatic carbocycles. The number of likely N-dealkylation sites (tertiary alicyclic amines) is 1. The first-order valence-electron chi connectivity index (χ1n) is 9.66. The Balaban J connectivity index is 1.61. The molecule has 1 aliphatic heterocycles. The van der Waals surface area contributed by atoms with Gasteiger partial charge in [-0.2, -0.15) is 0 Å². The first-order valence-corrected chi connectivity index (χ1v) is 11.5. The van der Waals surface area contributed by atoms with Crippen LogP contribution in [0.1, 0.15) is 44.1 Å². The van der Waals surface area contributed by atoms with Gasteiger partial charge in [-0.3, -0.25) is 4.79 Å². The molecule has 2 aliphatic rings. The molecule has 1 amide bonds. The van der Waals surface area contributed by atoms with Crippen molar-refractivity contribution >= 4 is 21.7 Å². The number of carbonyl (C=O) groups is 2. The summed E-state index contributed by atoms with van der Waals surface area (Å²) in [7, 11) is -3.56. The SMILES string of the molecule is O=C(O)[C@@H]1C[C@H]2CCCC[C@H]2N1C(=O)CS(=O)(=O)CCCc1ccccc1. The van der Waals surface area contributed by atoms with E-state index in [-0.39, 0.29) is 17.7 Å². The topological polar surface area (TPSA) is 91.8 Å². The van der Waals surface area contributed by atoms with E-state index >= 15 is 0 Å². The van der Waals surface area contributed by atoms with Gasteiger partial charge in [0.2, 0.25) is 5.91 Å². The van der Waals surface area contributed by atoms with Crippen LogP contribution in [0.25, 0.3) is 0 Å². The average Bonchev–Trinajstić information content (AvgIpc) is 3.02. The molecule has 27 heavy (non-hydrogen) atoms. The van der Waals surface area contributed by atoms with Crippen LogP contribution in [0.4, 0.5) is 0 Å². The first kappa shape index (κ1) is 19.9. The summed E-state index contributed by atoms with van der Waals surface area (Å²) < 4.78 is 24.9. The standard InChI is InChI=1S/C20H27NO5S/c22-19(14-27(25,26)12-6-9-15-7-2-1-3-8-15)21-17-11-5-4-10-16(17)13-18(21)20(23)24/h1-3,7-8,16-18H,4-6,9-14H2,(H,23,24)/t16-,17-,18+/m1/s1. The number of carboxylic acid groups (broad SMARTS) is 1. The van der Waals surface area contributed by atoms with Crippen molar-refractivity contribution in [3.8, 4) is 0 Å². The van der Waals surface area contributed by atoms with Crippen molar-refractivity contribution in [3.63, 3.8) is 0 Å². The molecule has 2 fully saturated rings. The van der Waals surface area contributed by atoms with Crippen LogP contribution in [0.2, 0.25) is 0 Å². The number of amides is 1. The van der Waals surface area contributed by atoms with Gasteiger partial charge in [0.1, 0.15) is 11.8 Å². The number of sulfone groups is 1. The van der Waals surface area contributed by atoms with E-state index in [9.17, 15) is 23.1 Å². The lowest BCUT2D eigenvalue weighted by Crippen LogP contribution is -2.48. The van der Waals surface area contributed by atoms with Crippen LogP contribution in [0.5, 0.6) is 0 Å². The van der Waals surface area contributed by atoms with E-state index in [4.69, 9.17) is 0 Å². The summed E-state index contributed by atoms with van der Waals surface area (Å²) >= 11 is 0. The zero-order chi connectivity index (χ0) is 19.4. The van der Waals surface area contributed by atoms with Crippen LogP contribution in [-0.4, -0.2) is 53.9 Å². The van der Waals surface area contributed by atoms with Gasteiger partial charge in [-0.05, 0) is 43.6 Å². The monoisotopic (exact) mass is 393 g/mol. The van der Waals surface area contributed by atoms with Gasteiger partial charge in [0.05, 0.1) is 5.75 Å². The van der Waals surface area contributed by atoms with E-state index in [1.54, 1.807) is 0 Å². The largest absolute Gasteiger partial charge is 0.480 e. The van der Waals surface area contributed by atoms with Crippen molar-refractivity contribution in [2.45, 2.75) is 57.0 Å². The lowest BCUT2D eigenvalue weighted by atomic mass is 9.85. The van der Waals surface area contributed by atoms with Crippen molar-refractivity contribution in [2.75, 3.05) is 11.5 Å². The van der Waals surface area contributed by atoms with Crippen molar-refractivity contribution in [1.82, 2.24) is 4.90 Å². The van der Waals surface area contributed by atoms with Gasteiger partial charge in [0.25, 0.3) is 0 Å². The van der Waals surface area contributed by atoms with E-state index in [1.165, 1.54) is 4.90 Å². The molecule has 1 aromatic rings. The molecule has 3 rings (SSSR count). The van der Waals surface area contributed by atoms with Crippen molar-refractivity contribution < 1.29 is 23.1 Å². The van der Waals surface area contributed by atoms with E-state index < -0.39 is 33.5 Å². The summed E-state index contributed by atoms with van der Waals surface area (Å²) in [6, 6.07) is 8.62. The third kappa shape index (κ3) is 4.89. The molecular formula is C20H27NO5S. The second-order valence-corrected chi connectivity index (χ2v) is 9.87. The number of aryl methyl sites for hydroxylation is 1. The van der Waals surface area contributed by atoms with Gasteiger partial charge >= 0.3 is 5.97 Å². The van der Waals surface area contributed by atoms with E-state index in [2.05, 4.69) is 0 Å². The Morgan fingerprint density at radius 2 is 1.81 bits per heavy atom. The maximum absolute atomic E-state index is 12.7. The Kier molecular flexibility index (Phi) is 6.19. The van der Waals surface area contributed by atoms with Crippen LogP contribution >= 0.6 is 0 Å². The lowest BCUT2D eigenvalue weighted by molar-refractivity contribution is -0.148. The third-order valence-electron chi connectivity index (χ3n) is 5.77. The molecule has 1 aromatic carbocycles. The second-order valence-electron chi connectivity index (χ2n) is 7.68. The van der Waals surface area contributed by atoms with Crippen molar-refractivity contribution in [1.29, 1.82) is 0 Å². The fourth-order valence-corrected chi connectivity index (χ4v) is 5.77. The van der Waals surface area contributed by atoms with Crippen LogP contribution < -0.4 is 0 Å². The van der Waals surface area contributed by atoms with Crippen LogP contribution in [0.3, 0.4) is 0 Å². The highest BCUT2D eigenvalue weighted by Crippen LogP contribution is 2.39. The van der Waals surface area contributed by atoms with Crippen molar-refractivity contribution in [2.24, 2.45) is 5.92 Å². The van der Waals surface area contributed by atoms with Gasteiger partial charge in [-0.25, -0.2) is 13.2 Å². The van der Waals surface area contributed by atoms with Gasteiger partial charge in [-0.15, -0.1) is 0 Å². The molecule has 0 spiro atoms. The molecule has 0 radical (unpaired) electrons. The number of rotatable bonds is 7. The van der Waals surface area contributed by atoms with Crippen LogP contribution in [0, 0.1) is 5.92 Å². The van der Waals surface area contributed by atoms with E-state index in [1.807, 2.05) is 30.3 Å². The Morgan fingerprint density at radius 1 is 1.11 bits per heavy atom. The number of benzene rings is 1. The smallest absolute Gasteiger partial charge is 0.326 e. The van der Waals surface area contributed by atoms with E-state index in [0.717, 1.165) is 31.2 Å². The van der Waals surface area contributed by atoms with E-state index in [0.29, 0.717) is 19.3 Å². The molecular weight excluding hydrogens is 366 g/mol. The lowest BCUT2D eigenvalue weighted by Gasteiger charge is -2.33. The molecule has 0 bridgehead atoms. The fraction of sp³-hybridized carbons (Fsp3) is 0.600. The van der Waals surface area contributed by atoms with Gasteiger partial charge in [0, 0.05) is 6.04 Å². The number of nitrogens with zero attached hydrogens (tertiary/aromatic N) is 1. The summed E-state index contributed by atoms with van der Waals surface area (Å²) in [5.41, 5.74) is 1.06. The van der Waals surface area contributed by atoms with Crippen molar-refractivity contribution in [3.05, 3.63) is 35.9 Å². The zero-order valence-corrected chi connectivity index (χ0v) is 16.2. The van der Waals surface area contributed by atoms with Crippen LogP contribution in [-0.2, 0) is 25.8 Å². The highest BCUT2D eigenvalue weighted by molar-refractivity contribution is 7.92. The normalized spacial score (nSPS) is 25.2. The quantitative estimate of drug-likeness (QED) is 0.767. The summed E-state index contributed by atoms with van der Waals surface area (Å²) in [6.45, 7) is 0. The molecule has 3 atom stereocenters. The number of hydrogen-bond donors (Lipinski definition) is 1. The number of aliphatic carboxylic acids is 1. The first-order chi connectivity index (χ1) is 12.9. The molecule has 148 valence electrons. The molecule has 1 saturated heterocycles. The van der Waals surface area contributed by atoms with Gasteiger partial charge in [-0.1, -0.05) is 43.2 Å². The minimum Gasteiger partial charge on any atom is -0.480 e. The minimum atomic E-state index is -3.56. The molecule has 1 heterocycles. The highest BCUT2D eigenvalue weighted by Gasteiger charge is 2.47. The average molecular weight is 394 g/mol. The Bertz CT molecular complexity index is 777. The molecule has 6 nitrogen and oxygen atoms in total. The zero-order valence-electron chi connectivity index (χ0n) is 15.4. The third-order valence-corrected chi connectivity index (χ3v) is 7.37. The maximum Gasteiger partial charge on any atom is 0.326 e. The number of carboxylic acids is 1. The number of fused-ring (bicyclic) bond motifs is 1. The molecule has 1 saturated carbocycles. The Labute approximate surface area is 160 Å². The highest BCUT2D eigenvalue weighted by atomic mass is 32.2. The summed E-state index contributed by atoms with van der Waals surface area (Å²) in [4.78, 5) is 25.7. The van der Waals surface area contributed by atoms with Gasteiger partial charge in [0.15, 0.2) is 9.84 Å². The second kappa shape index (κ2) is 8.42. The molecule has 7 heteroatoms. The Hall–Kier alpha value is -1.89. The molecule has 1 N–H and O–H groups in total. The minimum absolute atomic E-state index is 0.0622. The summed E-state index contributed by atoms with van der Waals surface area (Å²) in [6.07, 6.45) is 5.24. The van der Waals surface area contributed by atoms with Crippen LogP contribution in [0.15, 0.2) is 30.3 Å². The fourth-order valence-electron chi connectivity index (χ4n) is 4.51. The molecule has 0 aromatic heterocycles.